The fraction of sp³-hybridized carbons (Fsp3) is 0.300. The van der Waals surface area contributed by atoms with Crippen molar-refractivity contribution < 1.29 is 22.8 Å². The van der Waals surface area contributed by atoms with Gasteiger partial charge in [-0.05, 0) is 55.7 Å². The molecule has 7 heteroatoms. The van der Waals surface area contributed by atoms with Gasteiger partial charge in [0.1, 0.15) is 0 Å². The first-order valence-corrected chi connectivity index (χ1v) is 8.52. The van der Waals surface area contributed by atoms with Crippen molar-refractivity contribution >= 4 is 23.2 Å². The topological polar surface area (TPSA) is 58.2 Å². The summed E-state index contributed by atoms with van der Waals surface area (Å²) in [5.74, 6) is -2.04. The Hall–Kier alpha value is -2.83. The summed E-state index contributed by atoms with van der Waals surface area (Å²) in [5, 5.41) is 5.06. The van der Waals surface area contributed by atoms with E-state index in [1.807, 2.05) is 26.0 Å². The number of carbonyl (C=O) groups excluding carboxylic acids is 2. The van der Waals surface area contributed by atoms with Crippen LogP contribution in [-0.4, -0.2) is 11.8 Å². The smallest absolute Gasteiger partial charge is 0.326 e. The number of aryl methyl sites for hydroxylation is 2. The zero-order valence-electron chi connectivity index (χ0n) is 14.9. The summed E-state index contributed by atoms with van der Waals surface area (Å²) in [7, 11) is 0. The number of para-hydroxylation sites is 1. The Morgan fingerprint density at radius 3 is 2.19 bits per heavy atom. The first-order valence-electron chi connectivity index (χ1n) is 8.52. The molecule has 2 N–H and O–H groups in total. The molecule has 0 spiro atoms. The van der Waals surface area contributed by atoms with E-state index in [0.29, 0.717) is 12.1 Å². The van der Waals surface area contributed by atoms with Gasteiger partial charge in [-0.25, -0.2) is 0 Å². The summed E-state index contributed by atoms with van der Waals surface area (Å²) >= 11 is 0. The van der Waals surface area contributed by atoms with Crippen LogP contribution in [0, 0.1) is 25.7 Å². The van der Waals surface area contributed by atoms with Crippen molar-refractivity contribution in [1.82, 2.24) is 0 Å². The zero-order chi connectivity index (χ0) is 19.8. The van der Waals surface area contributed by atoms with Crippen molar-refractivity contribution in [3.63, 3.8) is 0 Å². The molecule has 2 amide bonds. The van der Waals surface area contributed by atoms with E-state index in [4.69, 9.17) is 0 Å². The average Bonchev–Trinajstić information content (AvgIpc) is 3.39. The fourth-order valence-corrected chi connectivity index (χ4v) is 2.89. The van der Waals surface area contributed by atoms with Crippen molar-refractivity contribution in [3.8, 4) is 0 Å². The van der Waals surface area contributed by atoms with Gasteiger partial charge >= 0.3 is 6.18 Å². The van der Waals surface area contributed by atoms with Gasteiger partial charge in [-0.3, -0.25) is 9.59 Å². The highest BCUT2D eigenvalue weighted by atomic mass is 19.4. The minimum absolute atomic E-state index is 0.296. The molecule has 0 aromatic heterocycles. The third-order valence-electron chi connectivity index (χ3n) is 4.73. The van der Waals surface area contributed by atoms with Gasteiger partial charge in [0, 0.05) is 5.69 Å². The minimum atomic E-state index is -4.56. The van der Waals surface area contributed by atoms with Crippen LogP contribution in [0.2, 0.25) is 0 Å². The summed E-state index contributed by atoms with van der Waals surface area (Å²) in [6, 6.07) is 10.3. The number of carbonyl (C=O) groups is 2. The molecule has 0 bridgehead atoms. The zero-order valence-corrected chi connectivity index (χ0v) is 14.9. The maximum atomic E-state index is 13.0. The molecule has 27 heavy (non-hydrogen) atoms. The van der Waals surface area contributed by atoms with Crippen LogP contribution in [0.1, 0.15) is 23.1 Å². The number of anilines is 2. The molecular formula is C20H19F3N2O2. The number of benzene rings is 2. The highest BCUT2D eigenvalue weighted by molar-refractivity contribution is 6.03. The Morgan fingerprint density at radius 1 is 0.926 bits per heavy atom. The second-order valence-corrected chi connectivity index (χ2v) is 6.77. The van der Waals surface area contributed by atoms with Gasteiger partial charge in [0.2, 0.25) is 11.8 Å². The summed E-state index contributed by atoms with van der Waals surface area (Å²) in [6.45, 7) is 3.89. The van der Waals surface area contributed by atoms with Gasteiger partial charge < -0.3 is 10.6 Å². The van der Waals surface area contributed by atoms with E-state index < -0.39 is 29.5 Å². The van der Waals surface area contributed by atoms with Gasteiger partial charge in [-0.15, -0.1) is 0 Å². The van der Waals surface area contributed by atoms with Gasteiger partial charge in [-0.1, -0.05) is 18.2 Å². The van der Waals surface area contributed by atoms with E-state index >= 15 is 0 Å². The lowest BCUT2D eigenvalue weighted by molar-refractivity contribution is -0.137. The normalized spacial score (nSPS) is 18.7. The van der Waals surface area contributed by atoms with E-state index in [2.05, 4.69) is 10.6 Å². The lowest BCUT2D eigenvalue weighted by Gasteiger charge is -2.13. The molecular weight excluding hydrogens is 357 g/mol. The number of alkyl halides is 3. The number of amides is 2. The molecule has 2 aromatic carbocycles. The lowest BCUT2D eigenvalue weighted by atomic mass is 10.1. The highest BCUT2D eigenvalue weighted by Crippen LogP contribution is 2.41. The molecule has 1 aliphatic rings. The van der Waals surface area contributed by atoms with Crippen LogP contribution >= 0.6 is 0 Å². The SMILES string of the molecule is Cc1ccc(NC(=O)C2CC2C(=O)Nc2ccccc2C(F)(F)F)cc1C. The predicted octanol–water partition coefficient (Wildman–Crippen LogP) is 4.54. The van der Waals surface area contributed by atoms with Crippen LogP contribution in [-0.2, 0) is 15.8 Å². The second-order valence-electron chi connectivity index (χ2n) is 6.77. The highest BCUT2D eigenvalue weighted by Gasteiger charge is 2.48. The fourth-order valence-electron chi connectivity index (χ4n) is 2.89. The number of hydrogen-bond donors (Lipinski definition) is 2. The Morgan fingerprint density at radius 2 is 1.56 bits per heavy atom. The Labute approximate surface area is 154 Å². The molecule has 0 saturated heterocycles. The number of nitrogens with one attached hydrogen (secondary N) is 2. The first kappa shape index (κ1) is 18.9. The number of hydrogen-bond acceptors (Lipinski definition) is 2. The molecule has 1 aliphatic carbocycles. The molecule has 1 fully saturated rings. The van der Waals surface area contributed by atoms with E-state index in [1.54, 1.807) is 6.07 Å². The van der Waals surface area contributed by atoms with Crippen LogP contribution in [0.25, 0.3) is 0 Å². The Kier molecular flexibility index (Phi) is 4.95. The summed E-state index contributed by atoms with van der Waals surface area (Å²) in [4.78, 5) is 24.6. The van der Waals surface area contributed by atoms with Crippen molar-refractivity contribution in [2.45, 2.75) is 26.4 Å². The Balaban J connectivity index is 1.62. The lowest BCUT2D eigenvalue weighted by Crippen LogP contribution is -2.22. The summed E-state index contributed by atoms with van der Waals surface area (Å²) in [6.07, 6.45) is -4.25. The van der Waals surface area contributed by atoms with Crippen LogP contribution in [0.5, 0.6) is 0 Å². The predicted molar refractivity (Wildman–Crippen MR) is 96.2 cm³/mol. The summed E-state index contributed by atoms with van der Waals surface area (Å²) in [5.41, 5.74) is 1.56. The molecule has 3 rings (SSSR count). The Bertz CT molecular complexity index is 893. The number of halogens is 3. The van der Waals surface area contributed by atoms with Gasteiger partial charge in [0.05, 0.1) is 23.1 Å². The number of rotatable bonds is 4. The molecule has 0 aliphatic heterocycles. The van der Waals surface area contributed by atoms with Crippen LogP contribution < -0.4 is 10.6 Å². The summed E-state index contributed by atoms with van der Waals surface area (Å²) < 4.78 is 39.0. The molecule has 2 aromatic rings. The molecule has 1 saturated carbocycles. The van der Waals surface area contributed by atoms with Crippen molar-refractivity contribution in [3.05, 3.63) is 59.2 Å². The molecule has 142 valence electrons. The van der Waals surface area contributed by atoms with Crippen LogP contribution in [0.3, 0.4) is 0 Å². The van der Waals surface area contributed by atoms with E-state index in [-0.39, 0.29) is 11.6 Å². The largest absolute Gasteiger partial charge is 0.418 e. The van der Waals surface area contributed by atoms with Crippen LogP contribution in [0.15, 0.2) is 42.5 Å². The minimum Gasteiger partial charge on any atom is -0.326 e. The van der Waals surface area contributed by atoms with Gasteiger partial charge in [0.15, 0.2) is 0 Å². The van der Waals surface area contributed by atoms with E-state index in [0.717, 1.165) is 17.2 Å². The average molecular weight is 376 g/mol. The quantitative estimate of drug-likeness (QED) is 0.823. The standard InChI is InChI=1S/C20H19F3N2O2/c1-11-7-8-13(9-12(11)2)24-18(26)14-10-15(14)19(27)25-17-6-4-3-5-16(17)20(21,22)23/h3-9,14-15H,10H2,1-2H3,(H,24,26)(H,25,27). The van der Waals surface area contributed by atoms with Crippen molar-refractivity contribution in [1.29, 1.82) is 0 Å². The van der Waals surface area contributed by atoms with Gasteiger partial charge in [-0.2, -0.15) is 13.2 Å². The second kappa shape index (κ2) is 7.06. The molecule has 0 heterocycles. The maximum absolute atomic E-state index is 13.0. The third-order valence-corrected chi connectivity index (χ3v) is 4.73. The molecule has 2 atom stereocenters. The monoisotopic (exact) mass is 376 g/mol. The van der Waals surface area contributed by atoms with E-state index in [1.165, 1.54) is 18.2 Å². The van der Waals surface area contributed by atoms with Crippen molar-refractivity contribution in [2.75, 3.05) is 10.6 Å². The van der Waals surface area contributed by atoms with E-state index in [9.17, 15) is 22.8 Å². The molecule has 0 radical (unpaired) electrons. The van der Waals surface area contributed by atoms with Gasteiger partial charge in [0.25, 0.3) is 0 Å². The molecule has 4 nitrogen and oxygen atoms in total. The maximum Gasteiger partial charge on any atom is 0.418 e. The third kappa shape index (κ3) is 4.30. The first-order chi connectivity index (χ1) is 12.7. The van der Waals surface area contributed by atoms with Crippen LogP contribution in [0.4, 0.5) is 24.5 Å². The van der Waals surface area contributed by atoms with Crippen molar-refractivity contribution in [2.24, 2.45) is 11.8 Å². The molecule has 2 unspecified atom stereocenters.